The number of ketones is 1. The number of rotatable bonds is 7. The first-order valence-electron chi connectivity index (χ1n) is 19.6. The van der Waals surface area contributed by atoms with Crippen LogP contribution < -0.4 is 0 Å². The van der Waals surface area contributed by atoms with Crippen LogP contribution in [0.4, 0.5) is 0 Å². The fourth-order valence-electron chi connectivity index (χ4n) is 9.35. The molecule has 0 radical (unpaired) electrons. The van der Waals surface area contributed by atoms with Crippen molar-refractivity contribution in [1.29, 1.82) is 0 Å². The summed E-state index contributed by atoms with van der Waals surface area (Å²) in [6, 6.07) is 8.52. The highest BCUT2D eigenvalue weighted by Gasteiger charge is 2.59. The van der Waals surface area contributed by atoms with Crippen LogP contribution in [-0.2, 0) is 42.7 Å². The summed E-state index contributed by atoms with van der Waals surface area (Å²) < 4.78 is 45.9. The minimum atomic E-state index is -1.13. The zero-order valence-corrected chi connectivity index (χ0v) is 34.3. The molecule has 0 N–H and O–H groups in total. The van der Waals surface area contributed by atoms with Crippen molar-refractivity contribution in [2.45, 2.75) is 142 Å². The molecule has 5 rings (SSSR count). The molecule has 3 fully saturated rings. The van der Waals surface area contributed by atoms with E-state index in [1.807, 2.05) is 59.7 Å². The smallest absolute Gasteiger partial charge is 0.338 e. The lowest BCUT2D eigenvalue weighted by atomic mass is 9.67. The van der Waals surface area contributed by atoms with Crippen molar-refractivity contribution in [3.8, 4) is 0 Å². The van der Waals surface area contributed by atoms with E-state index in [9.17, 15) is 14.4 Å². The van der Waals surface area contributed by atoms with Gasteiger partial charge in [0.1, 0.15) is 12.0 Å². The Balaban J connectivity index is 1.58. The summed E-state index contributed by atoms with van der Waals surface area (Å²) in [6.07, 6.45) is -3.01. The molecule has 13 nitrogen and oxygen atoms in total. The van der Waals surface area contributed by atoms with E-state index in [0.29, 0.717) is 37.9 Å². The molecule has 2 bridgehead atoms. The number of carbonyl (C=O) groups is 3. The van der Waals surface area contributed by atoms with Crippen molar-refractivity contribution in [3.63, 3.8) is 0 Å². The zero-order chi connectivity index (χ0) is 39.7. The highest BCUT2D eigenvalue weighted by molar-refractivity contribution is 6.00. The molecule has 0 aromatic heterocycles. The number of methoxy groups -OCH3 is 1. The van der Waals surface area contributed by atoms with Crippen molar-refractivity contribution in [1.82, 2.24) is 4.90 Å². The first kappa shape index (κ1) is 42.3. The molecular weight excluding hydrogens is 694 g/mol. The summed E-state index contributed by atoms with van der Waals surface area (Å²) in [6.45, 7) is 17.9. The van der Waals surface area contributed by atoms with Crippen molar-refractivity contribution in [3.05, 3.63) is 35.9 Å². The summed E-state index contributed by atoms with van der Waals surface area (Å²) in [4.78, 5) is 44.1. The molecule has 1 spiro atoms. The van der Waals surface area contributed by atoms with Crippen LogP contribution in [0.2, 0.25) is 0 Å². The first-order valence-corrected chi connectivity index (χ1v) is 19.6. The lowest BCUT2D eigenvalue weighted by Crippen LogP contribution is -2.64. The topological polar surface area (TPSA) is 144 Å². The monoisotopic (exact) mass is 757 g/mol. The number of benzene rings is 1. The maximum Gasteiger partial charge on any atom is 0.338 e. The largest absolute Gasteiger partial charge is 0.461 e. The van der Waals surface area contributed by atoms with Crippen LogP contribution in [0.15, 0.2) is 40.6 Å². The SMILES string of the molecule is CC[C@H]1OC(=O)[C@H](C)C(=O)[C@H](C)[C@@H](O[C@@H]2O[C@H](C)C[C@H](N(C)C)[C@H]2OC(=O)c2ccccc2)[C@](C)(OC)C[C@@H](C)[C@@H]2OC(C)(C)O[C@H]([C@H]2C)C12CN=NC2. The molecule has 0 aliphatic carbocycles. The van der Waals surface area contributed by atoms with E-state index in [-0.39, 0.29) is 35.9 Å². The molecule has 13 atom stereocenters. The Kier molecular flexibility index (Phi) is 13.1. The highest BCUT2D eigenvalue weighted by atomic mass is 16.7. The van der Waals surface area contributed by atoms with Crippen LogP contribution in [0.25, 0.3) is 0 Å². The quantitative estimate of drug-likeness (QED) is 0.243. The van der Waals surface area contributed by atoms with E-state index >= 15 is 0 Å². The van der Waals surface area contributed by atoms with Crippen LogP contribution in [0.5, 0.6) is 0 Å². The van der Waals surface area contributed by atoms with E-state index < -0.39 is 71.3 Å². The summed E-state index contributed by atoms with van der Waals surface area (Å²) in [5, 5.41) is 8.81. The lowest BCUT2D eigenvalue weighted by Gasteiger charge is -2.54. The number of azo groups is 1. The van der Waals surface area contributed by atoms with Gasteiger partial charge >= 0.3 is 11.9 Å². The number of hydrogen-bond donors (Lipinski definition) is 0. The van der Waals surface area contributed by atoms with Crippen molar-refractivity contribution >= 4 is 17.7 Å². The van der Waals surface area contributed by atoms with Gasteiger partial charge in [0, 0.05) is 18.9 Å². The first-order chi connectivity index (χ1) is 25.4. The average molecular weight is 758 g/mol. The van der Waals surface area contributed by atoms with Gasteiger partial charge in [0.25, 0.3) is 0 Å². The number of fused-ring (bicyclic) bond motifs is 3. The fourth-order valence-corrected chi connectivity index (χ4v) is 9.35. The summed E-state index contributed by atoms with van der Waals surface area (Å²) in [5.41, 5.74) is -1.45. The Bertz CT molecular complexity index is 1500. The highest BCUT2D eigenvalue weighted by Crippen LogP contribution is 2.49. The predicted octanol–water partition coefficient (Wildman–Crippen LogP) is 5.88. The van der Waals surface area contributed by atoms with E-state index in [2.05, 4.69) is 24.1 Å². The van der Waals surface area contributed by atoms with Crippen LogP contribution in [-0.4, -0.2) is 117 Å². The summed E-state index contributed by atoms with van der Waals surface area (Å²) in [7, 11) is 5.46. The molecule has 0 unspecified atom stereocenters. The van der Waals surface area contributed by atoms with Gasteiger partial charge in [-0.1, -0.05) is 45.9 Å². The van der Waals surface area contributed by atoms with Gasteiger partial charge in [0.05, 0.1) is 60.1 Å². The van der Waals surface area contributed by atoms with Gasteiger partial charge in [0.15, 0.2) is 24.0 Å². The Morgan fingerprint density at radius 1 is 0.981 bits per heavy atom. The van der Waals surface area contributed by atoms with Crippen molar-refractivity contribution in [2.24, 2.45) is 39.3 Å². The predicted molar refractivity (Wildman–Crippen MR) is 200 cm³/mol. The van der Waals surface area contributed by atoms with Crippen LogP contribution in [0, 0.1) is 29.1 Å². The zero-order valence-electron chi connectivity index (χ0n) is 34.3. The van der Waals surface area contributed by atoms with Gasteiger partial charge in [-0.05, 0) is 86.0 Å². The average Bonchev–Trinajstić information content (AvgIpc) is 3.64. The van der Waals surface area contributed by atoms with E-state index in [4.69, 9.17) is 33.2 Å². The summed E-state index contributed by atoms with van der Waals surface area (Å²) >= 11 is 0. The van der Waals surface area contributed by atoms with Crippen molar-refractivity contribution in [2.75, 3.05) is 34.3 Å². The number of likely N-dealkylation sites (N-methyl/N-ethyl adjacent to an activating group) is 1. The Labute approximate surface area is 321 Å². The van der Waals surface area contributed by atoms with E-state index in [1.54, 1.807) is 45.2 Å². The Morgan fingerprint density at radius 2 is 1.63 bits per heavy atom. The minimum Gasteiger partial charge on any atom is -0.461 e. The number of hydrogen-bond acceptors (Lipinski definition) is 13. The molecule has 54 heavy (non-hydrogen) atoms. The third-order valence-electron chi connectivity index (χ3n) is 12.3. The summed E-state index contributed by atoms with van der Waals surface area (Å²) in [5.74, 6) is -4.77. The van der Waals surface area contributed by atoms with Crippen molar-refractivity contribution < 1.29 is 47.5 Å². The number of carbonyl (C=O) groups excluding carboxylic acids is 3. The van der Waals surface area contributed by atoms with Gasteiger partial charge in [-0.25, -0.2) is 4.79 Å². The molecule has 4 aliphatic heterocycles. The van der Waals surface area contributed by atoms with E-state index in [1.165, 1.54) is 0 Å². The molecule has 1 aromatic rings. The second-order valence-corrected chi connectivity index (χ2v) is 17.0. The number of ether oxygens (including phenoxy) is 7. The van der Waals surface area contributed by atoms with Crippen LogP contribution in [0.1, 0.15) is 91.9 Å². The fraction of sp³-hybridized carbons (Fsp3) is 0.780. The molecule has 1 aromatic carbocycles. The lowest BCUT2D eigenvalue weighted by molar-refractivity contribution is -0.351. The normalized spacial score (nSPS) is 39.9. The maximum atomic E-state index is 14.5. The number of esters is 2. The second-order valence-electron chi connectivity index (χ2n) is 17.0. The molecule has 4 heterocycles. The third kappa shape index (κ3) is 8.46. The number of cyclic esters (lactones) is 1. The van der Waals surface area contributed by atoms with Gasteiger partial charge < -0.3 is 38.1 Å². The standard InChI is InChI=1S/C41H63N3O10/c1-13-30-41(21-42-43-22-41)35-27(6)32(53-39(7,8)54-35)23(2)20-40(9,48-12)34(25(4)31(45)26(5)36(46)50-30)52-38-33(29(44(10)11)19-24(3)49-38)51-37(47)28-17-15-14-16-18-28/h14-18,23-27,29-30,32-35,38H,13,19-22H2,1-12H3/t23-,24-,25+,26-,27+,29+,30-,32+,33-,34-,35-,38+,40-/m1/s1. The molecule has 0 amide bonds. The number of Topliss-reactive ketones (excluding diaryl/α,β-unsaturated/α-hetero) is 1. The van der Waals surface area contributed by atoms with Gasteiger partial charge in [-0.3, -0.25) is 9.59 Å². The van der Waals surface area contributed by atoms with Gasteiger partial charge in [0.2, 0.25) is 0 Å². The van der Waals surface area contributed by atoms with Gasteiger partial charge in [-0.2, -0.15) is 10.2 Å². The molecule has 302 valence electrons. The molecule has 3 saturated heterocycles. The number of nitrogens with zero attached hydrogens (tertiary/aromatic N) is 3. The Hall–Kier alpha value is -2.81. The maximum absolute atomic E-state index is 14.5. The van der Waals surface area contributed by atoms with E-state index in [0.717, 1.165) is 0 Å². The van der Waals surface area contributed by atoms with Crippen LogP contribution in [0.3, 0.4) is 0 Å². The second kappa shape index (κ2) is 16.7. The molecule has 4 aliphatic rings. The Morgan fingerprint density at radius 3 is 2.22 bits per heavy atom. The minimum absolute atomic E-state index is 0.133. The molecule has 13 heteroatoms. The molecule has 0 saturated carbocycles. The van der Waals surface area contributed by atoms with Crippen LogP contribution >= 0.6 is 0 Å². The molecular formula is C41H63N3O10. The third-order valence-corrected chi connectivity index (χ3v) is 12.3. The van der Waals surface area contributed by atoms with Gasteiger partial charge in [-0.15, -0.1) is 0 Å².